The minimum atomic E-state index is -0.0257. The number of hydrogen-bond acceptors (Lipinski definition) is 2. The standard InChI is InChI=1S/C12H13N3O2/c1-14-6-8(2-3-11(14)16)9-4-5-15-7-10(9)13-12(15)17/h2-4,6,10H,5,7H2,1H3,(H,13,17). The van der Waals surface area contributed by atoms with Crippen molar-refractivity contribution in [1.29, 1.82) is 0 Å². The second kappa shape index (κ2) is 3.48. The minimum absolute atomic E-state index is 0.00827. The lowest BCUT2D eigenvalue weighted by atomic mass is 9.98. The first-order chi connectivity index (χ1) is 8.15. The van der Waals surface area contributed by atoms with Crippen LogP contribution < -0.4 is 10.9 Å². The van der Waals surface area contributed by atoms with E-state index in [2.05, 4.69) is 5.32 Å². The lowest BCUT2D eigenvalue weighted by Crippen LogP contribution is -2.29. The fraction of sp³-hybridized carbons (Fsp3) is 0.333. The molecule has 1 aromatic rings. The molecule has 2 aliphatic heterocycles. The zero-order chi connectivity index (χ0) is 12.0. The van der Waals surface area contributed by atoms with Gasteiger partial charge in [0, 0.05) is 32.4 Å². The number of fused-ring (bicyclic) bond motifs is 2. The van der Waals surface area contributed by atoms with Gasteiger partial charge in [-0.05, 0) is 17.2 Å². The van der Waals surface area contributed by atoms with Gasteiger partial charge in [-0.1, -0.05) is 6.08 Å². The molecule has 2 bridgehead atoms. The van der Waals surface area contributed by atoms with Crippen molar-refractivity contribution in [2.75, 3.05) is 13.1 Å². The SMILES string of the molecule is Cn1cc(C2=CCN3CC2NC3=O)ccc1=O. The van der Waals surface area contributed by atoms with Crippen molar-refractivity contribution in [2.24, 2.45) is 7.05 Å². The Morgan fingerprint density at radius 3 is 2.94 bits per heavy atom. The molecular weight excluding hydrogens is 218 g/mol. The number of nitrogens with zero attached hydrogens (tertiary/aromatic N) is 2. The molecular formula is C12H13N3O2. The van der Waals surface area contributed by atoms with Crippen molar-refractivity contribution in [3.8, 4) is 0 Å². The molecule has 5 heteroatoms. The highest BCUT2D eigenvalue weighted by Gasteiger charge is 2.34. The van der Waals surface area contributed by atoms with Crippen molar-refractivity contribution >= 4 is 11.6 Å². The van der Waals surface area contributed by atoms with Crippen molar-refractivity contribution in [3.63, 3.8) is 0 Å². The van der Waals surface area contributed by atoms with Crippen molar-refractivity contribution in [3.05, 3.63) is 40.3 Å². The molecule has 1 fully saturated rings. The fourth-order valence-corrected chi connectivity index (χ4v) is 2.36. The highest BCUT2D eigenvalue weighted by atomic mass is 16.2. The van der Waals surface area contributed by atoms with Crippen LogP contribution in [0.2, 0.25) is 0 Å². The molecule has 5 nitrogen and oxygen atoms in total. The Bertz CT molecular complexity index is 573. The zero-order valence-corrected chi connectivity index (χ0v) is 9.51. The number of aromatic nitrogens is 1. The Morgan fingerprint density at radius 1 is 1.35 bits per heavy atom. The monoisotopic (exact) mass is 231 g/mol. The van der Waals surface area contributed by atoms with Crippen LogP contribution in [-0.4, -0.2) is 34.6 Å². The number of carbonyl (C=O) groups is 1. The van der Waals surface area contributed by atoms with E-state index in [0.29, 0.717) is 13.1 Å². The Labute approximate surface area is 98.3 Å². The van der Waals surface area contributed by atoms with Crippen LogP contribution in [0, 0.1) is 0 Å². The summed E-state index contributed by atoms with van der Waals surface area (Å²) in [6.45, 7) is 1.36. The van der Waals surface area contributed by atoms with Crippen LogP contribution in [0.1, 0.15) is 5.56 Å². The summed E-state index contributed by atoms with van der Waals surface area (Å²) in [6, 6.07) is 3.41. The molecule has 0 spiro atoms. The number of carbonyl (C=O) groups excluding carboxylic acids is 1. The van der Waals surface area contributed by atoms with Crippen molar-refractivity contribution < 1.29 is 4.79 Å². The molecule has 17 heavy (non-hydrogen) atoms. The summed E-state index contributed by atoms with van der Waals surface area (Å²) in [5, 5.41) is 2.93. The minimum Gasteiger partial charge on any atom is -0.329 e. The van der Waals surface area contributed by atoms with Gasteiger partial charge < -0.3 is 14.8 Å². The van der Waals surface area contributed by atoms with Gasteiger partial charge >= 0.3 is 6.03 Å². The Kier molecular flexibility index (Phi) is 2.07. The van der Waals surface area contributed by atoms with E-state index in [4.69, 9.17) is 0 Å². The molecule has 1 unspecified atom stereocenters. The van der Waals surface area contributed by atoms with Gasteiger partial charge in [0.05, 0.1) is 6.04 Å². The summed E-state index contributed by atoms with van der Waals surface area (Å²) in [6.07, 6.45) is 3.86. The maximum Gasteiger partial charge on any atom is 0.318 e. The van der Waals surface area contributed by atoms with Gasteiger partial charge in [-0.2, -0.15) is 0 Å². The first-order valence-corrected chi connectivity index (χ1v) is 5.58. The smallest absolute Gasteiger partial charge is 0.318 e. The summed E-state index contributed by atoms with van der Waals surface area (Å²) in [7, 11) is 1.73. The van der Waals surface area contributed by atoms with Crippen LogP contribution >= 0.6 is 0 Å². The van der Waals surface area contributed by atoms with E-state index < -0.39 is 0 Å². The average molecular weight is 231 g/mol. The molecule has 3 rings (SSSR count). The first kappa shape index (κ1) is 10.1. The Morgan fingerprint density at radius 2 is 2.18 bits per heavy atom. The van der Waals surface area contributed by atoms with Crippen molar-refractivity contribution in [2.45, 2.75) is 6.04 Å². The highest BCUT2D eigenvalue weighted by molar-refractivity contribution is 5.85. The molecule has 3 heterocycles. The predicted molar refractivity (Wildman–Crippen MR) is 63.6 cm³/mol. The van der Waals surface area contributed by atoms with E-state index in [1.54, 1.807) is 22.6 Å². The second-order valence-corrected chi connectivity index (χ2v) is 4.43. The summed E-state index contributed by atoms with van der Waals surface area (Å²) < 4.78 is 1.55. The number of urea groups is 1. The fourth-order valence-electron chi connectivity index (χ4n) is 2.36. The maximum atomic E-state index is 11.5. The Balaban J connectivity index is 2.00. The molecule has 2 amide bonds. The van der Waals surface area contributed by atoms with Crippen LogP contribution in [-0.2, 0) is 7.05 Å². The molecule has 0 aromatic carbocycles. The zero-order valence-electron chi connectivity index (χ0n) is 9.51. The average Bonchev–Trinajstić information content (AvgIpc) is 2.59. The summed E-state index contributed by atoms with van der Waals surface area (Å²) in [5.74, 6) is 0. The van der Waals surface area contributed by atoms with Gasteiger partial charge in [-0.3, -0.25) is 4.79 Å². The molecule has 0 aliphatic carbocycles. The maximum absolute atomic E-state index is 11.5. The normalized spacial score (nSPS) is 22.4. The quantitative estimate of drug-likeness (QED) is 0.749. The van der Waals surface area contributed by atoms with Gasteiger partial charge in [-0.15, -0.1) is 0 Å². The number of nitrogens with one attached hydrogen (secondary N) is 1. The van der Waals surface area contributed by atoms with Gasteiger partial charge in [0.2, 0.25) is 5.56 Å². The van der Waals surface area contributed by atoms with E-state index in [1.165, 1.54) is 0 Å². The predicted octanol–water partition coefficient (Wildman–Crippen LogP) is 0.176. The van der Waals surface area contributed by atoms with Gasteiger partial charge in [0.1, 0.15) is 0 Å². The van der Waals surface area contributed by atoms with Crippen LogP contribution in [0.25, 0.3) is 5.57 Å². The van der Waals surface area contributed by atoms with Crippen LogP contribution in [0.5, 0.6) is 0 Å². The lowest BCUT2D eigenvalue weighted by molar-refractivity contribution is 0.222. The largest absolute Gasteiger partial charge is 0.329 e. The molecule has 0 saturated carbocycles. The van der Waals surface area contributed by atoms with Crippen LogP contribution in [0.15, 0.2) is 29.2 Å². The molecule has 1 saturated heterocycles. The first-order valence-electron chi connectivity index (χ1n) is 5.58. The van der Waals surface area contributed by atoms with Gasteiger partial charge in [-0.25, -0.2) is 4.79 Å². The molecule has 1 N–H and O–H groups in total. The number of amides is 2. The molecule has 1 aromatic heterocycles. The molecule has 88 valence electrons. The van der Waals surface area contributed by atoms with Gasteiger partial charge in [0.25, 0.3) is 0 Å². The van der Waals surface area contributed by atoms with Crippen LogP contribution in [0.3, 0.4) is 0 Å². The second-order valence-electron chi connectivity index (χ2n) is 4.43. The lowest BCUT2D eigenvalue weighted by Gasteiger charge is -2.21. The summed E-state index contributed by atoms with van der Waals surface area (Å²) in [4.78, 5) is 24.6. The molecule has 2 aliphatic rings. The number of pyridine rings is 1. The van der Waals surface area contributed by atoms with Crippen LogP contribution in [0.4, 0.5) is 4.79 Å². The third-order valence-electron chi connectivity index (χ3n) is 3.31. The topological polar surface area (TPSA) is 54.3 Å². The Hall–Kier alpha value is -2.04. The third-order valence-corrected chi connectivity index (χ3v) is 3.31. The van der Waals surface area contributed by atoms with Crippen molar-refractivity contribution in [1.82, 2.24) is 14.8 Å². The number of aryl methyl sites for hydroxylation is 1. The molecule has 0 radical (unpaired) electrons. The number of rotatable bonds is 1. The third kappa shape index (κ3) is 1.54. The number of hydrogen-bond donors (Lipinski definition) is 1. The van der Waals surface area contributed by atoms with E-state index in [1.807, 2.05) is 18.3 Å². The van der Waals surface area contributed by atoms with E-state index in [-0.39, 0.29) is 17.6 Å². The highest BCUT2D eigenvalue weighted by Crippen LogP contribution is 2.25. The summed E-state index contributed by atoms with van der Waals surface area (Å²) >= 11 is 0. The summed E-state index contributed by atoms with van der Waals surface area (Å²) in [5.41, 5.74) is 2.07. The molecule has 1 atom stereocenters. The van der Waals surface area contributed by atoms with E-state index in [0.717, 1.165) is 11.1 Å². The van der Waals surface area contributed by atoms with E-state index in [9.17, 15) is 9.59 Å². The van der Waals surface area contributed by atoms with E-state index >= 15 is 0 Å². The van der Waals surface area contributed by atoms with Gasteiger partial charge in [0.15, 0.2) is 0 Å².